The van der Waals surface area contributed by atoms with Gasteiger partial charge in [-0.3, -0.25) is 4.79 Å². The van der Waals surface area contributed by atoms with Crippen molar-refractivity contribution in [1.82, 2.24) is 4.98 Å². The number of sulfone groups is 1. The topological polar surface area (TPSA) is 76.1 Å². The largest absolute Gasteiger partial charge is 0.302 e. The molecule has 0 spiro atoms. The molecule has 2 aromatic carbocycles. The van der Waals surface area contributed by atoms with E-state index >= 15 is 0 Å². The number of hydrogen-bond donors (Lipinski definition) is 1. The molecule has 1 amide bonds. The molecule has 3 aromatic rings. The average Bonchev–Trinajstić information content (AvgIpc) is 3.14. The van der Waals surface area contributed by atoms with Crippen LogP contribution < -0.4 is 5.32 Å². The molecule has 0 bridgehead atoms. The molecule has 0 saturated carbocycles. The van der Waals surface area contributed by atoms with Crippen LogP contribution in [0.25, 0.3) is 11.1 Å². The van der Waals surface area contributed by atoms with Crippen LogP contribution >= 0.6 is 11.3 Å². The molecule has 0 fully saturated rings. The number of carbonyl (C=O) groups is 1. The van der Waals surface area contributed by atoms with Gasteiger partial charge in [-0.2, -0.15) is 0 Å². The van der Waals surface area contributed by atoms with Crippen LogP contribution in [0, 0.1) is 0 Å². The highest BCUT2D eigenvalue weighted by atomic mass is 32.2. The number of nitrogens with zero attached hydrogens (tertiary/aromatic N) is 1. The second-order valence-electron chi connectivity index (χ2n) is 5.34. The zero-order chi connectivity index (χ0) is 17.7. The molecule has 5 nitrogen and oxygen atoms in total. The molecule has 1 N–H and O–H groups in total. The molecular weight excluding hydrogens is 356 g/mol. The van der Waals surface area contributed by atoms with Gasteiger partial charge in [0.2, 0.25) is 5.91 Å². The average molecular weight is 372 g/mol. The second kappa shape index (κ2) is 7.58. The normalized spacial score (nSPS) is 11.2. The lowest BCUT2D eigenvalue weighted by atomic mass is 10.1. The zero-order valence-electron chi connectivity index (χ0n) is 13.3. The highest BCUT2D eigenvalue weighted by molar-refractivity contribution is 7.91. The summed E-state index contributed by atoms with van der Waals surface area (Å²) in [5, 5.41) is 4.78. The van der Waals surface area contributed by atoms with Gasteiger partial charge in [0, 0.05) is 18.0 Å². The van der Waals surface area contributed by atoms with Crippen molar-refractivity contribution >= 4 is 32.2 Å². The van der Waals surface area contributed by atoms with Crippen molar-refractivity contribution in [1.29, 1.82) is 0 Å². The number of rotatable bonds is 6. The van der Waals surface area contributed by atoms with E-state index in [-0.39, 0.29) is 23.0 Å². The van der Waals surface area contributed by atoms with Crippen molar-refractivity contribution in [2.75, 3.05) is 11.1 Å². The van der Waals surface area contributed by atoms with Gasteiger partial charge in [-0.25, -0.2) is 13.4 Å². The summed E-state index contributed by atoms with van der Waals surface area (Å²) >= 11 is 1.29. The van der Waals surface area contributed by atoms with E-state index in [1.165, 1.54) is 11.3 Å². The van der Waals surface area contributed by atoms with Gasteiger partial charge in [-0.1, -0.05) is 42.5 Å². The molecular formula is C18H16N2O3S2. The van der Waals surface area contributed by atoms with Gasteiger partial charge in [0.25, 0.3) is 0 Å². The van der Waals surface area contributed by atoms with Crippen LogP contribution in [0.15, 0.2) is 71.1 Å². The van der Waals surface area contributed by atoms with Crippen molar-refractivity contribution in [3.05, 3.63) is 66.2 Å². The fourth-order valence-corrected chi connectivity index (χ4v) is 4.08. The smallest absolute Gasteiger partial charge is 0.227 e. The fourth-order valence-electron chi connectivity index (χ4n) is 2.30. The van der Waals surface area contributed by atoms with E-state index in [9.17, 15) is 13.2 Å². The maximum atomic E-state index is 12.4. The van der Waals surface area contributed by atoms with Gasteiger partial charge < -0.3 is 5.32 Å². The second-order valence-corrected chi connectivity index (χ2v) is 8.35. The summed E-state index contributed by atoms with van der Waals surface area (Å²) in [6, 6.07) is 16.4. The maximum Gasteiger partial charge on any atom is 0.227 e. The first kappa shape index (κ1) is 17.3. The molecule has 128 valence electrons. The first-order valence-corrected chi connectivity index (χ1v) is 10.2. The predicted octanol–water partition coefficient (Wildman–Crippen LogP) is 3.61. The maximum absolute atomic E-state index is 12.4. The minimum Gasteiger partial charge on any atom is -0.302 e. The van der Waals surface area contributed by atoms with Gasteiger partial charge in [-0.15, -0.1) is 11.3 Å². The zero-order valence-corrected chi connectivity index (χ0v) is 14.9. The Kier molecular flexibility index (Phi) is 5.25. The molecule has 3 rings (SSSR count). The quantitative estimate of drug-likeness (QED) is 0.717. The third kappa shape index (κ3) is 4.52. The number of nitrogens with one attached hydrogen (secondary N) is 1. The van der Waals surface area contributed by atoms with Crippen LogP contribution in [-0.4, -0.2) is 25.1 Å². The van der Waals surface area contributed by atoms with Crippen LogP contribution in [0.4, 0.5) is 5.13 Å². The van der Waals surface area contributed by atoms with Crippen molar-refractivity contribution in [2.24, 2.45) is 0 Å². The molecule has 0 aliphatic carbocycles. The van der Waals surface area contributed by atoms with Gasteiger partial charge in [0.15, 0.2) is 15.0 Å². The minimum absolute atomic E-state index is 0.109. The summed E-state index contributed by atoms with van der Waals surface area (Å²) in [6.07, 6.45) is 1.47. The van der Waals surface area contributed by atoms with Gasteiger partial charge >= 0.3 is 0 Å². The van der Waals surface area contributed by atoms with E-state index in [0.717, 1.165) is 11.1 Å². The summed E-state index contributed by atoms with van der Waals surface area (Å²) in [7, 11) is -3.51. The molecule has 0 radical (unpaired) electrons. The molecule has 1 aromatic heterocycles. The Labute approximate surface area is 150 Å². The van der Waals surface area contributed by atoms with Crippen molar-refractivity contribution < 1.29 is 13.2 Å². The molecule has 0 unspecified atom stereocenters. The van der Waals surface area contributed by atoms with Crippen molar-refractivity contribution in [2.45, 2.75) is 11.3 Å². The molecule has 7 heteroatoms. The molecule has 0 aliphatic rings. The Hall–Kier alpha value is -2.51. The predicted molar refractivity (Wildman–Crippen MR) is 99.3 cm³/mol. The summed E-state index contributed by atoms with van der Waals surface area (Å²) in [4.78, 5) is 16.0. The van der Waals surface area contributed by atoms with Gasteiger partial charge in [-0.05, 0) is 23.3 Å². The van der Waals surface area contributed by atoms with Crippen LogP contribution in [0.2, 0.25) is 0 Å². The van der Waals surface area contributed by atoms with Crippen molar-refractivity contribution in [3.63, 3.8) is 0 Å². The molecule has 1 heterocycles. The number of thiazole rings is 1. The monoisotopic (exact) mass is 372 g/mol. The molecule has 0 atom stereocenters. The number of carbonyl (C=O) groups excluding carboxylic acids is 1. The summed E-state index contributed by atoms with van der Waals surface area (Å²) in [5.74, 6) is -0.603. The van der Waals surface area contributed by atoms with E-state index in [4.69, 9.17) is 0 Å². The number of anilines is 1. The van der Waals surface area contributed by atoms with E-state index in [1.54, 1.807) is 35.8 Å². The first-order valence-electron chi connectivity index (χ1n) is 7.62. The van der Waals surface area contributed by atoms with Crippen LogP contribution in [0.3, 0.4) is 0 Å². The van der Waals surface area contributed by atoms with Gasteiger partial charge in [0.05, 0.1) is 10.6 Å². The van der Waals surface area contributed by atoms with Crippen LogP contribution in [0.5, 0.6) is 0 Å². The minimum atomic E-state index is -3.51. The number of amides is 1. The third-order valence-corrected chi connectivity index (χ3v) is 6.02. The fraction of sp³-hybridized carbons (Fsp3) is 0.111. The lowest BCUT2D eigenvalue weighted by Crippen LogP contribution is -2.17. The van der Waals surface area contributed by atoms with E-state index in [2.05, 4.69) is 10.3 Å². The van der Waals surface area contributed by atoms with Gasteiger partial charge in [0.1, 0.15) is 0 Å². The highest BCUT2D eigenvalue weighted by Crippen LogP contribution is 2.22. The van der Waals surface area contributed by atoms with E-state index in [1.807, 2.05) is 30.3 Å². The summed E-state index contributed by atoms with van der Waals surface area (Å²) in [5.41, 5.74) is 1.97. The molecule has 0 aliphatic heterocycles. The Morgan fingerprint density at radius 1 is 1.00 bits per heavy atom. The lowest BCUT2D eigenvalue weighted by Gasteiger charge is -2.06. The number of benzene rings is 2. The summed E-state index contributed by atoms with van der Waals surface area (Å²) in [6.45, 7) is 0. The van der Waals surface area contributed by atoms with E-state index in [0.29, 0.717) is 5.13 Å². The van der Waals surface area contributed by atoms with Crippen LogP contribution in [0.1, 0.15) is 6.42 Å². The van der Waals surface area contributed by atoms with Crippen LogP contribution in [-0.2, 0) is 14.6 Å². The Balaban J connectivity index is 1.65. The lowest BCUT2D eigenvalue weighted by molar-refractivity contribution is -0.115. The molecule has 0 saturated heterocycles. The molecule has 25 heavy (non-hydrogen) atoms. The Bertz CT molecular complexity index is 936. The standard InChI is InChI=1S/C18H16N2O3S2/c21-17(20-18-19-11-12-24-18)10-13-25(22,23)16-8-6-15(7-9-16)14-4-2-1-3-5-14/h1-9,11-12H,10,13H2,(H,19,20,21). The Morgan fingerprint density at radius 2 is 1.68 bits per heavy atom. The first-order chi connectivity index (χ1) is 12.0. The van der Waals surface area contributed by atoms with Crippen molar-refractivity contribution in [3.8, 4) is 11.1 Å². The third-order valence-electron chi connectivity index (χ3n) is 3.60. The SMILES string of the molecule is O=C(CCS(=O)(=O)c1ccc(-c2ccccc2)cc1)Nc1nccs1. The van der Waals surface area contributed by atoms with E-state index < -0.39 is 9.84 Å². The number of aromatic nitrogens is 1. The number of hydrogen-bond acceptors (Lipinski definition) is 5. The summed E-state index contributed by atoms with van der Waals surface area (Å²) < 4.78 is 24.8. The Morgan fingerprint density at radius 3 is 2.32 bits per heavy atom. The highest BCUT2D eigenvalue weighted by Gasteiger charge is 2.17.